The number of alkyl carbamates (subject to hydrolysis) is 1. The molecule has 15 atom stereocenters. The second-order valence-corrected chi connectivity index (χ2v) is 20.0. The number of terminal acetylenes is 1. The summed E-state index contributed by atoms with van der Waals surface area (Å²) in [5.41, 5.74) is 7.84. The minimum Gasteiger partial charge on any atom is -0.459 e. The molecule has 390 valence electrons. The molecule has 3 heterocycles. The van der Waals surface area contributed by atoms with Gasteiger partial charge in [-0.2, -0.15) is 0 Å². The monoisotopic (exact) mass is 982 g/mol. The van der Waals surface area contributed by atoms with Crippen molar-refractivity contribution in [3.05, 3.63) is 47.6 Å². The number of rotatable bonds is 7. The van der Waals surface area contributed by atoms with Crippen LogP contribution in [0.2, 0.25) is 0 Å². The Hall–Kier alpha value is -4.54. The number of nitrogens with one attached hydrogen (secondary N) is 1. The van der Waals surface area contributed by atoms with E-state index in [0.29, 0.717) is 62.5 Å². The first-order valence-corrected chi connectivity index (χ1v) is 24.9. The van der Waals surface area contributed by atoms with Gasteiger partial charge in [-0.3, -0.25) is 19.2 Å². The van der Waals surface area contributed by atoms with Crippen molar-refractivity contribution in [3.63, 3.8) is 0 Å². The summed E-state index contributed by atoms with van der Waals surface area (Å²) in [5, 5.41) is 36.8. The van der Waals surface area contributed by atoms with Gasteiger partial charge in [0, 0.05) is 51.0 Å². The number of esters is 1. The maximum absolute atomic E-state index is 14.4. The molecule has 4 rings (SSSR count). The molecule has 3 aliphatic heterocycles. The summed E-state index contributed by atoms with van der Waals surface area (Å²) >= 11 is 0. The number of nitrogens with zero attached hydrogens (tertiary/aromatic N) is 1. The Kier molecular flexibility index (Phi) is 22.7. The molecule has 0 aromatic carbocycles. The number of aliphatic hydroxyl groups excluding tert-OH is 2. The predicted octanol–water partition coefficient (Wildman–Crippen LogP) is 4.58. The predicted molar refractivity (Wildman–Crippen MR) is 260 cm³/mol. The maximum atomic E-state index is 14.4. The molecule has 17 heteroatoms. The SMILES string of the molecule is C#CCOC(=O)NC1C[C@@H]2CC[C@@H](C)[C@@](O)(O2)C(=O)C(=O)N2CCCC[C@H]2C(=O)O[C@H]([C@H](N)C[C@@H]2CC[C@@H](O)[C@H](OC)C2)CC(=O)[C@H](C)/C=C(\C)[C@@H](O)[C@@H](OC)C(=O)[C@H](C)C[C@H](C)/C=C/C=C/C=C/1C. The van der Waals surface area contributed by atoms with Crippen molar-refractivity contribution in [2.24, 2.45) is 35.3 Å². The van der Waals surface area contributed by atoms with Crippen LogP contribution in [0.25, 0.3) is 0 Å². The van der Waals surface area contributed by atoms with E-state index in [0.717, 1.165) is 4.90 Å². The van der Waals surface area contributed by atoms with Gasteiger partial charge in [-0.1, -0.05) is 75.6 Å². The van der Waals surface area contributed by atoms with Gasteiger partial charge in [0.1, 0.15) is 30.1 Å². The summed E-state index contributed by atoms with van der Waals surface area (Å²) in [4.78, 5) is 84.8. The molecule has 1 aliphatic carbocycles. The van der Waals surface area contributed by atoms with Crippen LogP contribution in [-0.4, -0.2) is 143 Å². The van der Waals surface area contributed by atoms with Crippen molar-refractivity contribution in [1.29, 1.82) is 0 Å². The van der Waals surface area contributed by atoms with Crippen molar-refractivity contribution in [2.45, 2.75) is 179 Å². The van der Waals surface area contributed by atoms with E-state index >= 15 is 0 Å². The Morgan fingerprint density at radius 1 is 0.957 bits per heavy atom. The molecule has 2 amide bonds. The lowest BCUT2D eigenvalue weighted by Gasteiger charge is -2.43. The number of fused-ring (bicyclic) bond motifs is 3. The van der Waals surface area contributed by atoms with E-state index in [-0.39, 0.29) is 62.2 Å². The molecule has 17 nitrogen and oxygen atoms in total. The number of methoxy groups -OCH3 is 2. The Labute approximate surface area is 414 Å². The lowest BCUT2D eigenvalue weighted by molar-refractivity contribution is -0.264. The number of aliphatic hydroxyl groups is 3. The second kappa shape index (κ2) is 27.3. The molecular weight excluding hydrogens is 903 g/mol. The number of carbonyl (C=O) groups is 6. The number of nitrogens with two attached hydrogens (primary N) is 1. The molecule has 1 unspecified atom stereocenters. The van der Waals surface area contributed by atoms with Gasteiger partial charge in [0.05, 0.1) is 24.4 Å². The fraction of sp³-hybridized carbons (Fsp3) is 0.698. The summed E-state index contributed by atoms with van der Waals surface area (Å²) in [6.07, 6.45) is 13.3. The van der Waals surface area contributed by atoms with Gasteiger partial charge in [-0.15, -0.1) is 6.42 Å². The van der Waals surface area contributed by atoms with Crippen LogP contribution in [0, 0.1) is 41.9 Å². The number of carbonyl (C=O) groups excluding carboxylic acids is 6. The number of piperidine rings is 1. The molecule has 2 saturated heterocycles. The van der Waals surface area contributed by atoms with Crippen LogP contribution in [0.5, 0.6) is 0 Å². The van der Waals surface area contributed by atoms with E-state index in [1.807, 2.05) is 19.1 Å². The average Bonchev–Trinajstić information content (AvgIpc) is 3.33. The first-order chi connectivity index (χ1) is 33.1. The third-order valence-electron chi connectivity index (χ3n) is 14.6. The fourth-order valence-electron chi connectivity index (χ4n) is 10.1. The zero-order valence-electron chi connectivity index (χ0n) is 42.4. The standard InChI is InChI=1S/C53H79N3O14/c1-10-24-68-52(64)55-40-29-38-21-19-36(7)53(65,70-38)49(61)50(62)56-23-15-14-18-41(56)51(63)69-44(39(54)27-37-20-22-42(57)45(28-37)66-8)30-43(58)33(4)26-35(6)47(60)48(67-9)46(59)34(5)25-31(2)16-12-11-13-17-32(40)3/h1,11-13,16-17,26,31,33-34,36-42,44-45,47-48,57,60,65H,14-15,18-25,27-30,54H2,2-9H3,(H,55,64)/b13-11+,16-12+,32-17+,35-26+/t31-,33-,34-,36-,37+,38+,39-,40?,41+,42-,44+,45-,47-,48+,53-/m1/s1. The number of cyclic esters (lactones) is 1. The lowest BCUT2D eigenvalue weighted by atomic mass is 9.80. The molecule has 1 saturated carbocycles. The van der Waals surface area contributed by atoms with E-state index in [9.17, 15) is 44.1 Å². The molecule has 3 fully saturated rings. The largest absolute Gasteiger partial charge is 0.459 e. The molecule has 0 aromatic heterocycles. The van der Waals surface area contributed by atoms with Gasteiger partial charge in [-0.25, -0.2) is 9.59 Å². The molecular formula is C53H79N3O14. The molecule has 2 bridgehead atoms. The molecule has 70 heavy (non-hydrogen) atoms. The van der Waals surface area contributed by atoms with Gasteiger partial charge in [0.25, 0.3) is 11.7 Å². The molecule has 0 spiro atoms. The van der Waals surface area contributed by atoms with Crippen LogP contribution in [-0.2, 0) is 47.7 Å². The summed E-state index contributed by atoms with van der Waals surface area (Å²) in [7, 11) is 2.86. The van der Waals surface area contributed by atoms with Gasteiger partial charge < -0.3 is 55.0 Å². The Balaban J connectivity index is 1.73. The smallest absolute Gasteiger partial charge is 0.408 e. The van der Waals surface area contributed by atoms with Crippen LogP contribution >= 0.6 is 0 Å². The number of hydrogen-bond acceptors (Lipinski definition) is 15. The van der Waals surface area contributed by atoms with E-state index in [2.05, 4.69) is 11.2 Å². The summed E-state index contributed by atoms with van der Waals surface area (Å²) in [6, 6.07) is -2.85. The van der Waals surface area contributed by atoms with Crippen molar-refractivity contribution in [3.8, 4) is 12.3 Å². The van der Waals surface area contributed by atoms with Crippen molar-refractivity contribution < 1.29 is 67.8 Å². The van der Waals surface area contributed by atoms with Crippen LogP contribution in [0.3, 0.4) is 0 Å². The maximum Gasteiger partial charge on any atom is 0.408 e. The Morgan fingerprint density at radius 3 is 2.37 bits per heavy atom. The molecule has 0 radical (unpaired) electrons. The lowest BCUT2D eigenvalue weighted by Crippen LogP contribution is -2.61. The molecule has 0 aromatic rings. The number of ketones is 3. The van der Waals surface area contributed by atoms with Crippen LogP contribution in [0.1, 0.15) is 119 Å². The van der Waals surface area contributed by atoms with Gasteiger partial charge in [-0.05, 0) is 102 Å². The zero-order valence-corrected chi connectivity index (χ0v) is 42.4. The number of ether oxygens (including phenoxy) is 5. The van der Waals surface area contributed by atoms with E-state index in [4.69, 9.17) is 35.8 Å². The van der Waals surface area contributed by atoms with Crippen LogP contribution in [0.4, 0.5) is 4.79 Å². The third-order valence-corrected chi connectivity index (χ3v) is 14.6. The van der Waals surface area contributed by atoms with Crippen molar-refractivity contribution >= 4 is 35.3 Å². The highest BCUT2D eigenvalue weighted by atomic mass is 16.6. The topological polar surface area (TPSA) is 251 Å². The zero-order chi connectivity index (χ0) is 51.9. The molecule has 6 N–H and O–H groups in total. The highest BCUT2D eigenvalue weighted by Gasteiger charge is 2.53. The highest BCUT2D eigenvalue weighted by Crippen LogP contribution is 2.37. The molecule has 4 aliphatic rings. The Morgan fingerprint density at radius 2 is 1.69 bits per heavy atom. The third kappa shape index (κ3) is 15.7. The Bertz CT molecular complexity index is 1990. The van der Waals surface area contributed by atoms with Crippen LogP contribution < -0.4 is 11.1 Å². The fourth-order valence-corrected chi connectivity index (χ4v) is 10.1. The first-order valence-electron chi connectivity index (χ1n) is 24.9. The van der Waals surface area contributed by atoms with Crippen molar-refractivity contribution in [2.75, 3.05) is 27.4 Å². The highest BCUT2D eigenvalue weighted by molar-refractivity contribution is 6.39. The second-order valence-electron chi connectivity index (χ2n) is 20.0. The number of allylic oxidation sites excluding steroid dienone is 6. The summed E-state index contributed by atoms with van der Waals surface area (Å²) in [5.74, 6) is -6.52. The number of Topliss-reactive ketones (excluding diaryl/α,β-unsaturated/α-hetero) is 3. The number of amides is 2. The van der Waals surface area contributed by atoms with Gasteiger partial charge in [0.15, 0.2) is 12.4 Å². The average molecular weight is 982 g/mol. The summed E-state index contributed by atoms with van der Waals surface area (Å²) < 4.78 is 28.5. The van der Waals surface area contributed by atoms with Gasteiger partial charge >= 0.3 is 12.1 Å². The quantitative estimate of drug-likeness (QED) is 0.101. The van der Waals surface area contributed by atoms with Crippen LogP contribution in [0.15, 0.2) is 47.6 Å². The van der Waals surface area contributed by atoms with E-state index in [1.165, 1.54) is 14.2 Å². The van der Waals surface area contributed by atoms with Gasteiger partial charge in [0.2, 0.25) is 5.79 Å². The van der Waals surface area contributed by atoms with E-state index in [1.54, 1.807) is 58.9 Å². The summed E-state index contributed by atoms with van der Waals surface area (Å²) in [6.45, 7) is 10.1. The number of hydrogen-bond donors (Lipinski definition) is 5. The van der Waals surface area contributed by atoms with Crippen molar-refractivity contribution in [1.82, 2.24) is 10.2 Å². The first kappa shape index (κ1) is 58.0. The minimum atomic E-state index is -2.58. The van der Waals surface area contributed by atoms with E-state index < -0.39 is 102 Å². The minimum absolute atomic E-state index is 0.00123. The normalized spacial score (nSPS) is 38.1.